The maximum atomic E-state index is 12.9. The summed E-state index contributed by atoms with van der Waals surface area (Å²) in [6, 6.07) is 0. The number of epoxide rings is 1. The SMILES string of the molecule is CC(C)(C)[Si](C)(C)O[C@@H]1[C@H]2CCC(=O)C3=C(O)CC[C@]31C[C@H]1O[C@@H]1C2. The van der Waals surface area contributed by atoms with E-state index in [1.165, 1.54) is 0 Å². The summed E-state index contributed by atoms with van der Waals surface area (Å²) >= 11 is 0. The van der Waals surface area contributed by atoms with Crippen LogP contribution in [0, 0.1) is 11.3 Å². The molecule has 1 saturated heterocycles. The third-order valence-corrected chi connectivity index (χ3v) is 12.1. The first kappa shape index (κ1) is 17.7. The molecule has 2 saturated carbocycles. The summed E-state index contributed by atoms with van der Waals surface area (Å²) in [6.07, 6.45) is 5.35. The van der Waals surface area contributed by atoms with Crippen molar-refractivity contribution in [1.29, 1.82) is 0 Å². The molecule has 140 valence electrons. The average molecular weight is 365 g/mol. The Morgan fingerprint density at radius 3 is 2.64 bits per heavy atom. The van der Waals surface area contributed by atoms with Gasteiger partial charge in [-0.1, -0.05) is 20.8 Å². The Labute approximate surface area is 152 Å². The summed E-state index contributed by atoms with van der Waals surface area (Å²) in [5, 5.41) is 10.7. The van der Waals surface area contributed by atoms with Crippen molar-refractivity contribution in [1.82, 2.24) is 0 Å². The molecule has 0 aromatic carbocycles. The zero-order chi connectivity index (χ0) is 18.2. The Kier molecular flexibility index (Phi) is 3.85. The van der Waals surface area contributed by atoms with Crippen molar-refractivity contribution in [3.05, 3.63) is 11.3 Å². The van der Waals surface area contributed by atoms with Crippen molar-refractivity contribution in [2.75, 3.05) is 0 Å². The van der Waals surface area contributed by atoms with E-state index in [4.69, 9.17) is 9.16 Å². The van der Waals surface area contributed by atoms with Crippen molar-refractivity contribution < 1.29 is 19.1 Å². The minimum absolute atomic E-state index is 0.0518. The van der Waals surface area contributed by atoms with Gasteiger partial charge in [-0.15, -0.1) is 0 Å². The normalized spacial score (nSPS) is 41.1. The molecule has 4 aliphatic rings. The van der Waals surface area contributed by atoms with Crippen LogP contribution in [0.25, 0.3) is 0 Å². The van der Waals surface area contributed by atoms with Crippen LogP contribution in [-0.4, -0.2) is 37.5 Å². The topological polar surface area (TPSA) is 59.1 Å². The number of allylic oxidation sites excluding steroid dienone is 1. The van der Waals surface area contributed by atoms with Gasteiger partial charge >= 0.3 is 0 Å². The lowest BCUT2D eigenvalue weighted by Crippen LogP contribution is -2.52. The number of carbonyl (C=O) groups is 1. The van der Waals surface area contributed by atoms with E-state index in [0.717, 1.165) is 25.7 Å². The molecule has 0 radical (unpaired) electrons. The summed E-state index contributed by atoms with van der Waals surface area (Å²) in [4.78, 5) is 12.9. The molecule has 5 atom stereocenters. The molecule has 3 aliphatic carbocycles. The van der Waals surface area contributed by atoms with E-state index in [-0.39, 0.29) is 28.4 Å². The van der Waals surface area contributed by atoms with Crippen molar-refractivity contribution in [2.45, 2.75) is 95.7 Å². The Hall–Kier alpha value is -0.653. The highest BCUT2D eigenvalue weighted by Crippen LogP contribution is 2.60. The van der Waals surface area contributed by atoms with E-state index in [1.54, 1.807) is 0 Å². The largest absolute Gasteiger partial charge is 0.512 e. The van der Waals surface area contributed by atoms with Gasteiger partial charge in [-0.05, 0) is 49.7 Å². The molecule has 4 nitrogen and oxygen atoms in total. The number of rotatable bonds is 2. The first-order valence-electron chi connectivity index (χ1n) is 9.84. The number of hydrogen-bond acceptors (Lipinski definition) is 4. The van der Waals surface area contributed by atoms with Gasteiger partial charge in [0.25, 0.3) is 0 Å². The molecule has 5 heteroatoms. The smallest absolute Gasteiger partial charge is 0.192 e. The molecular formula is C20H32O4Si. The molecule has 3 fully saturated rings. The second-order valence-electron chi connectivity index (χ2n) is 10.2. The van der Waals surface area contributed by atoms with Gasteiger partial charge in [0.1, 0.15) is 0 Å². The summed E-state index contributed by atoms with van der Waals surface area (Å²) in [5.74, 6) is 0.841. The summed E-state index contributed by atoms with van der Waals surface area (Å²) in [7, 11) is -1.98. The van der Waals surface area contributed by atoms with Crippen molar-refractivity contribution in [3.63, 3.8) is 0 Å². The number of ether oxygens (including phenoxy) is 1. The number of Topliss-reactive ketones (excluding diaryl/α,β-unsaturated/α-hetero) is 1. The fourth-order valence-electron chi connectivity index (χ4n) is 5.13. The summed E-state index contributed by atoms with van der Waals surface area (Å²) in [6.45, 7) is 11.4. The van der Waals surface area contributed by atoms with Gasteiger partial charge in [0.2, 0.25) is 0 Å². The molecule has 1 aliphatic heterocycles. The molecule has 1 N–H and O–H groups in total. The van der Waals surface area contributed by atoms with E-state index in [2.05, 4.69) is 33.9 Å². The molecule has 0 unspecified atom stereocenters. The van der Waals surface area contributed by atoms with Crippen molar-refractivity contribution >= 4 is 14.1 Å². The number of aliphatic hydroxyl groups is 1. The van der Waals surface area contributed by atoms with Crippen molar-refractivity contribution in [2.24, 2.45) is 11.3 Å². The van der Waals surface area contributed by atoms with Crippen LogP contribution in [0.2, 0.25) is 18.1 Å². The van der Waals surface area contributed by atoms with Gasteiger partial charge in [-0.2, -0.15) is 0 Å². The lowest BCUT2D eigenvalue weighted by molar-refractivity contribution is -0.116. The van der Waals surface area contributed by atoms with E-state index in [9.17, 15) is 9.90 Å². The third-order valence-electron chi connectivity index (χ3n) is 7.60. The van der Waals surface area contributed by atoms with Gasteiger partial charge in [-0.25, -0.2) is 0 Å². The monoisotopic (exact) mass is 364 g/mol. The van der Waals surface area contributed by atoms with Crippen LogP contribution < -0.4 is 0 Å². The van der Waals surface area contributed by atoms with Gasteiger partial charge in [0, 0.05) is 23.8 Å². The van der Waals surface area contributed by atoms with Crippen LogP contribution in [-0.2, 0) is 14.0 Å². The van der Waals surface area contributed by atoms with E-state index >= 15 is 0 Å². The van der Waals surface area contributed by atoms with Crippen molar-refractivity contribution in [3.8, 4) is 0 Å². The van der Waals surface area contributed by atoms with Gasteiger partial charge < -0.3 is 14.3 Å². The maximum Gasteiger partial charge on any atom is 0.192 e. The Balaban J connectivity index is 1.80. The molecule has 25 heavy (non-hydrogen) atoms. The maximum absolute atomic E-state index is 12.9. The van der Waals surface area contributed by atoms with Crippen LogP contribution >= 0.6 is 0 Å². The van der Waals surface area contributed by atoms with Crippen LogP contribution in [0.1, 0.15) is 59.3 Å². The highest BCUT2D eigenvalue weighted by molar-refractivity contribution is 6.74. The van der Waals surface area contributed by atoms with E-state index in [1.807, 2.05) is 0 Å². The average Bonchev–Trinajstić information content (AvgIpc) is 3.16. The van der Waals surface area contributed by atoms with Crippen LogP contribution in [0.4, 0.5) is 0 Å². The zero-order valence-electron chi connectivity index (χ0n) is 16.2. The second-order valence-corrected chi connectivity index (χ2v) is 14.9. The number of aliphatic hydroxyl groups excluding tert-OH is 1. The standard InChI is InChI=1S/C20H32O4Si/c1-19(2,3)25(4,5)24-18-12-6-7-13(21)17-14(22)8-9-20(17,18)11-16-15(10-12)23-16/h12,15-16,18,22H,6-11H2,1-5H3/t12-,15+,16+,18+,20-/m0/s1. The lowest BCUT2D eigenvalue weighted by atomic mass is 9.70. The highest BCUT2D eigenvalue weighted by atomic mass is 28.4. The minimum Gasteiger partial charge on any atom is -0.512 e. The molecule has 1 heterocycles. The predicted molar refractivity (Wildman–Crippen MR) is 99.0 cm³/mol. The molecule has 0 amide bonds. The number of fused-ring (bicyclic) bond motifs is 2. The second kappa shape index (κ2) is 5.43. The minimum atomic E-state index is -1.98. The van der Waals surface area contributed by atoms with Crippen LogP contribution in [0.3, 0.4) is 0 Å². The summed E-state index contributed by atoms with van der Waals surface area (Å²) < 4.78 is 12.9. The fourth-order valence-corrected chi connectivity index (χ4v) is 6.54. The highest BCUT2D eigenvalue weighted by Gasteiger charge is 2.62. The molecular weight excluding hydrogens is 332 g/mol. The predicted octanol–water partition coefficient (Wildman–Crippen LogP) is 4.51. The molecule has 4 rings (SSSR count). The van der Waals surface area contributed by atoms with Gasteiger partial charge in [0.05, 0.1) is 24.1 Å². The molecule has 0 aromatic rings. The van der Waals surface area contributed by atoms with Gasteiger partial charge in [-0.3, -0.25) is 4.79 Å². The van der Waals surface area contributed by atoms with Crippen LogP contribution in [0.15, 0.2) is 11.3 Å². The third kappa shape index (κ3) is 2.65. The first-order valence-corrected chi connectivity index (χ1v) is 12.7. The Morgan fingerprint density at radius 1 is 1.24 bits per heavy atom. The summed E-state index contributed by atoms with van der Waals surface area (Å²) in [5.41, 5.74) is 0.378. The zero-order valence-corrected chi connectivity index (χ0v) is 17.2. The molecule has 2 bridgehead atoms. The number of ketones is 1. The Bertz CT molecular complexity index is 632. The quantitative estimate of drug-likeness (QED) is 0.578. The Morgan fingerprint density at radius 2 is 1.96 bits per heavy atom. The van der Waals surface area contributed by atoms with Crippen LogP contribution in [0.5, 0.6) is 0 Å². The lowest BCUT2D eigenvalue weighted by Gasteiger charge is -2.47. The van der Waals surface area contributed by atoms with E-state index < -0.39 is 8.32 Å². The molecule has 0 aromatic heterocycles. The number of hydrogen-bond donors (Lipinski definition) is 1. The molecule has 1 spiro atoms. The van der Waals surface area contributed by atoms with Gasteiger partial charge in [0.15, 0.2) is 14.1 Å². The van der Waals surface area contributed by atoms with E-state index in [0.29, 0.717) is 36.2 Å². The first-order chi connectivity index (χ1) is 11.6. The fraction of sp³-hybridized carbons (Fsp3) is 0.850. The number of carbonyl (C=O) groups excluding carboxylic acids is 1.